The maximum atomic E-state index is 3.50. The summed E-state index contributed by atoms with van der Waals surface area (Å²) in [7, 11) is 0. The molecular formula is C18H22N2. The van der Waals surface area contributed by atoms with Crippen molar-refractivity contribution in [2.45, 2.75) is 13.3 Å². The molecule has 104 valence electrons. The van der Waals surface area contributed by atoms with E-state index in [-0.39, 0.29) is 0 Å². The molecule has 0 saturated carbocycles. The van der Waals surface area contributed by atoms with Crippen LogP contribution in [-0.2, 0) is 6.42 Å². The van der Waals surface area contributed by atoms with Crippen LogP contribution in [-0.4, -0.2) is 19.6 Å². The average molecular weight is 266 g/mol. The van der Waals surface area contributed by atoms with Crippen molar-refractivity contribution in [2.75, 3.05) is 29.9 Å². The van der Waals surface area contributed by atoms with Crippen LogP contribution in [0.3, 0.4) is 0 Å². The molecule has 2 heteroatoms. The van der Waals surface area contributed by atoms with Crippen LogP contribution in [0.25, 0.3) is 0 Å². The zero-order chi connectivity index (χ0) is 13.8. The Morgan fingerprint density at radius 1 is 1.05 bits per heavy atom. The number of hydrogen-bond donors (Lipinski definition) is 1. The van der Waals surface area contributed by atoms with E-state index in [1.807, 2.05) is 6.07 Å². The molecule has 0 bridgehead atoms. The van der Waals surface area contributed by atoms with E-state index in [2.05, 4.69) is 65.7 Å². The van der Waals surface area contributed by atoms with E-state index >= 15 is 0 Å². The second-order valence-electron chi connectivity index (χ2n) is 5.68. The van der Waals surface area contributed by atoms with Gasteiger partial charge in [-0.3, -0.25) is 0 Å². The van der Waals surface area contributed by atoms with Crippen LogP contribution >= 0.6 is 0 Å². The molecule has 2 nitrogen and oxygen atoms in total. The fourth-order valence-electron chi connectivity index (χ4n) is 3.01. The Morgan fingerprint density at radius 3 is 2.65 bits per heavy atom. The Balaban J connectivity index is 1.63. The maximum Gasteiger partial charge on any atom is 0.0399 e. The van der Waals surface area contributed by atoms with E-state index < -0.39 is 0 Å². The topological polar surface area (TPSA) is 15.3 Å². The van der Waals surface area contributed by atoms with Gasteiger partial charge in [-0.2, -0.15) is 0 Å². The smallest absolute Gasteiger partial charge is 0.0399 e. The average Bonchev–Trinajstić information content (AvgIpc) is 2.48. The first kappa shape index (κ1) is 13.0. The van der Waals surface area contributed by atoms with Crippen molar-refractivity contribution in [2.24, 2.45) is 5.92 Å². The van der Waals surface area contributed by atoms with Crippen molar-refractivity contribution in [3.63, 3.8) is 0 Å². The van der Waals surface area contributed by atoms with E-state index in [1.165, 1.54) is 23.4 Å². The summed E-state index contributed by atoms with van der Waals surface area (Å²) in [5.41, 5.74) is 4.11. The van der Waals surface area contributed by atoms with Gasteiger partial charge >= 0.3 is 0 Å². The Bertz CT molecular complexity index is 550. The van der Waals surface area contributed by atoms with Crippen LogP contribution in [0.4, 0.5) is 11.4 Å². The molecule has 0 radical (unpaired) electrons. The number of nitrogens with zero attached hydrogens (tertiary/aromatic N) is 1. The first-order valence-electron chi connectivity index (χ1n) is 7.45. The molecule has 1 unspecified atom stereocenters. The predicted octanol–water partition coefficient (Wildman–Crippen LogP) is 3.80. The van der Waals surface area contributed by atoms with E-state index in [1.54, 1.807) is 0 Å². The third kappa shape index (κ3) is 2.96. The summed E-state index contributed by atoms with van der Waals surface area (Å²) in [6, 6.07) is 19.2. The summed E-state index contributed by atoms with van der Waals surface area (Å²) >= 11 is 0. The van der Waals surface area contributed by atoms with Crippen LogP contribution in [0.15, 0.2) is 54.6 Å². The van der Waals surface area contributed by atoms with Gasteiger partial charge in [-0.05, 0) is 36.1 Å². The summed E-state index contributed by atoms with van der Waals surface area (Å²) in [5, 5.41) is 3.50. The van der Waals surface area contributed by atoms with Crippen molar-refractivity contribution in [3.8, 4) is 0 Å². The lowest BCUT2D eigenvalue weighted by molar-refractivity contribution is 0.535. The van der Waals surface area contributed by atoms with Gasteiger partial charge in [-0.1, -0.05) is 43.3 Å². The molecule has 1 aliphatic rings. The highest BCUT2D eigenvalue weighted by Gasteiger charge is 2.20. The van der Waals surface area contributed by atoms with E-state index in [0.717, 1.165) is 25.6 Å². The highest BCUT2D eigenvalue weighted by atomic mass is 15.2. The van der Waals surface area contributed by atoms with Crippen molar-refractivity contribution in [1.82, 2.24) is 0 Å². The Labute approximate surface area is 121 Å². The third-order valence-electron chi connectivity index (χ3n) is 3.92. The van der Waals surface area contributed by atoms with Crippen molar-refractivity contribution in [1.29, 1.82) is 0 Å². The van der Waals surface area contributed by atoms with Gasteiger partial charge in [0.2, 0.25) is 0 Å². The maximum absolute atomic E-state index is 3.50. The molecule has 2 aromatic carbocycles. The first-order chi connectivity index (χ1) is 9.83. The van der Waals surface area contributed by atoms with Crippen molar-refractivity contribution >= 4 is 11.4 Å². The molecule has 1 N–H and O–H groups in total. The summed E-state index contributed by atoms with van der Waals surface area (Å²) in [6.07, 6.45) is 1.21. The van der Waals surface area contributed by atoms with Crippen LogP contribution < -0.4 is 10.2 Å². The number of nitrogens with one attached hydrogen (secondary N) is 1. The van der Waals surface area contributed by atoms with Crippen LogP contribution in [0.5, 0.6) is 0 Å². The van der Waals surface area contributed by atoms with Crippen molar-refractivity contribution in [3.05, 3.63) is 60.2 Å². The van der Waals surface area contributed by atoms with Gasteiger partial charge in [0, 0.05) is 31.0 Å². The fraction of sp³-hybridized carbons (Fsp3) is 0.333. The van der Waals surface area contributed by atoms with Gasteiger partial charge < -0.3 is 10.2 Å². The minimum absolute atomic E-state index is 0.738. The van der Waals surface area contributed by atoms with Gasteiger partial charge in [0.1, 0.15) is 0 Å². The molecular weight excluding hydrogens is 244 g/mol. The normalized spacial score (nSPS) is 17.6. The lowest BCUT2D eigenvalue weighted by atomic mass is 9.94. The number of fused-ring (bicyclic) bond motifs is 1. The molecule has 0 saturated heterocycles. The molecule has 20 heavy (non-hydrogen) atoms. The summed E-state index contributed by atoms with van der Waals surface area (Å²) < 4.78 is 0. The molecule has 1 atom stereocenters. The quantitative estimate of drug-likeness (QED) is 0.905. The Morgan fingerprint density at radius 2 is 1.80 bits per heavy atom. The summed E-state index contributed by atoms with van der Waals surface area (Å²) in [5.74, 6) is 0.738. The zero-order valence-electron chi connectivity index (χ0n) is 12.0. The molecule has 1 aliphatic heterocycles. The SMILES string of the molecule is CC1Cc2ccccc2N(CCNc2ccccc2)C1. The number of para-hydroxylation sites is 2. The Hall–Kier alpha value is -1.96. The van der Waals surface area contributed by atoms with Crippen LogP contribution in [0, 0.1) is 5.92 Å². The lowest BCUT2D eigenvalue weighted by Gasteiger charge is -2.35. The van der Waals surface area contributed by atoms with Crippen molar-refractivity contribution < 1.29 is 0 Å². The molecule has 0 spiro atoms. The minimum atomic E-state index is 0.738. The second kappa shape index (κ2) is 6.00. The lowest BCUT2D eigenvalue weighted by Crippen LogP contribution is -2.37. The molecule has 3 rings (SSSR count). The highest BCUT2D eigenvalue weighted by molar-refractivity contribution is 5.56. The Kier molecular flexibility index (Phi) is 3.91. The third-order valence-corrected chi connectivity index (χ3v) is 3.92. The number of benzene rings is 2. The van der Waals surface area contributed by atoms with Crippen LogP contribution in [0.2, 0.25) is 0 Å². The molecule has 0 aliphatic carbocycles. The second-order valence-corrected chi connectivity index (χ2v) is 5.68. The highest BCUT2D eigenvalue weighted by Crippen LogP contribution is 2.28. The largest absolute Gasteiger partial charge is 0.383 e. The first-order valence-corrected chi connectivity index (χ1v) is 7.45. The molecule has 2 aromatic rings. The van der Waals surface area contributed by atoms with E-state index in [4.69, 9.17) is 0 Å². The van der Waals surface area contributed by atoms with E-state index in [0.29, 0.717) is 0 Å². The van der Waals surface area contributed by atoms with Crippen LogP contribution in [0.1, 0.15) is 12.5 Å². The summed E-state index contributed by atoms with van der Waals surface area (Å²) in [6.45, 7) is 5.53. The number of rotatable bonds is 4. The molecule has 0 fully saturated rings. The minimum Gasteiger partial charge on any atom is -0.383 e. The standard InChI is InChI=1S/C18H22N2/c1-15-13-16-7-5-6-10-18(16)20(14-15)12-11-19-17-8-3-2-4-9-17/h2-10,15,19H,11-14H2,1H3. The van der Waals surface area contributed by atoms with Gasteiger partial charge in [-0.15, -0.1) is 0 Å². The van der Waals surface area contributed by atoms with Gasteiger partial charge in [0.15, 0.2) is 0 Å². The van der Waals surface area contributed by atoms with E-state index in [9.17, 15) is 0 Å². The van der Waals surface area contributed by atoms with Gasteiger partial charge in [0.25, 0.3) is 0 Å². The van der Waals surface area contributed by atoms with Gasteiger partial charge in [-0.25, -0.2) is 0 Å². The molecule has 0 aromatic heterocycles. The monoisotopic (exact) mass is 266 g/mol. The number of hydrogen-bond acceptors (Lipinski definition) is 2. The molecule has 1 heterocycles. The summed E-state index contributed by atoms with van der Waals surface area (Å²) in [4.78, 5) is 2.51. The number of anilines is 2. The zero-order valence-corrected chi connectivity index (χ0v) is 12.0. The predicted molar refractivity (Wildman–Crippen MR) is 86.5 cm³/mol. The molecule has 0 amide bonds. The fourth-order valence-corrected chi connectivity index (χ4v) is 3.01. The van der Waals surface area contributed by atoms with Gasteiger partial charge in [0.05, 0.1) is 0 Å².